The Kier molecular flexibility index (Phi) is 12.2. The summed E-state index contributed by atoms with van der Waals surface area (Å²) in [5.41, 5.74) is 0. The van der Waals surface area contributed by atoms with E-state index in [1.807, 2.05) is 0 Å². The molecule has 1 atom stereocenters. The van der Waals surface area contributed by atoms with Crippen molar-refractivity contribution in [1.29, 1.82) is 0 Å². The van der Waals surface area contributed by atoms with E-state index in [2.05, 4.69) is 13.8 Å². The van der Waals surface area contributed by atoms with Crippen molar-refractivity contribution in [2.75, 3.05) is 0 Å². The van der Waals surface area contributed by atoms with Crippen molar-refractivity contribution in [3.8, 4) is 0 Å². The van der Waals surface area contributed by atoms with E-state index in [1.165, 1.54) is 32.1 Å². The van der Waals surface area contributed by atoms with E-state index in [0.717, 1.165) is 32.1 Å². The van der Waals surface area contributed by atoms with E-state index < -0.39 is 15.1 Å². The molecule has 0 heterocycles. The van der Waals surface area contributed by atoms with E-state index >= 15 is 0 Å². The van der Waals surface area contributed by atoms with Crippen LogP contribution < -0.4 is 0 Å². The third-order valence-electron chi connectivity index (χ3n) is 4.32. The lowest BCUT2D eigenvalue weighted by molar-refractivity contribution is 0.0884. The Morgan fingerprint density at radius 2 is 1.00 bits per heavy atom. The van der Waals surface area contributed by atoms with Gasteiger partial charge in [0.05, 0.1) is 0 Å². The van der Waals surface area contributed by atoms with Gasteiger partial charge in [-0.05, 0) is 25.7 Å². The van der Waals surface area contributed by atoms with Crippen LogP contribution in [0, 0.1) is 0 Å². The van der Waals surface area contributed by atoms with Gasteiger partial charge in [0, 0.05) is 0 Å². The smallest absolute Gasteiger partial charge is 0.294 e. The second kappa shape index (κ2) is 12.3. The molecule has 0 saturated carbocycles. The summed E-state index contributed by atoms with van der Waals surface area (Å²) in [6.45, 7) is 4.27. The molecule has 0 aliphatic rings. The third kappa shape index (κ3) is 9.80. The van der Waals surface area contributed by atoms with Crippen LogP contribution in [-0.2, 0) is 10.1 Å². The van der Waals surface area contributed by atoms with Crippen LogP contribution in [0.15, 0.2) is 0 Å². The molecule has 0 radical (unpaired) electrons. The molecule has 4 nitrogen and oxygen atoms in total. The Bertz CT molecular complexity index is 354. The van der Waals surface area contributed by atoms with Crippen molar-refractivity contribution in [1.82, 2.24) is 0 Å². The summed E-state index contributed by atoms with van der Waals surface area (Å²) in [7, 11) is -4.40. The second-order valence-electron chi connectivity index (χ2n) is 6.46. The van der Waals surface area contributed by atoms with Gasteiger partial charge in [0.15, 0.2) is 4.93 Å². The minimum Gasteiger partial charge on any atom is -0.372 e. The molecule has 1 unspecified atom stereocenters. The summed E-state index contributed by atoms with van der Waals surface area (Å²) in [6, 6.07) is 0. The predicted octanol–water partition coefficient (Wildman–Crippen LogP) is 5.06. The molecule has 0 amide bonds. The molecule has 2 N–H and O–H groups in total. The first kappa shape index (κ1) is 21.9. The molecular formula is C17H36O4S. The summed E-state index contributed by atoms with van der Waals surface area (Å²) < 4.78 is 32.2. The molecule has 0 aliphatic heterocycles. The Morgan fingerprint density at radius 1 is 0.682 bits per heavy atom. The largest absolute Gasteiger partial charge is 0.372 e. The fraction of sp³-hybridized carbons (Fsp3) is 1.00. The van der Waals surface area contributed by atoms with E-state index in [1.54, 1.807) is 0 Å². The Hall–Kier alpha value is -0.130. The Labute approximate surface area is 137 Å². The lowest BCUT2D eigenvalue weighted by Gasteiger charge is -2.24. The minimum atomic E-state index is -4.40. The molecule has 0 aromatic carbocycles. The highest BCUT2D eigenvalue weighted by Gasteiger charge is 2.39. The van der Waals surface area contributed by atoms with Crippen LogP contribution >= 0.6 is 0 Å². The summed E-state index contributed by atoms with van der Waals surface area (Å²) >= 11 is 0. The number of aliphatic hydroxyl groups is 1. The van der Waals surface area contributed by atoms with Crippen molar-refractivity contribution >= 4 is 10.1 Å². The van der Waals surface area contributed by atoms with Gasteiger partial charge in [-0.3, -0.25) is 4.55 Å². The molecule has 0 aromatic rings. The number of hydrogen-bond acceptors (Lipinski definition) is 3. The molecule has 0 rings (SSSR count). The number of hydrogen-bond donors (Lipinski definition) is 2. The van der Waals surface area contributed by atoms with Gasteiger partial charge in [-0.1, -0.05) is 78.1 Å². The summed E-state index contributed by atoms with van der Waals surface area (Å²) in [6.07, 6.45) is 12.7. The molecule has 0 saturated heterocycles. The highest BCUT2D eigenvalue weighted by Crippen LogP contribution is 2.28. The zero-order valence-corrected chi connectivity index (χ0v) is 15.3. The SMILES string of the molecule is CCCCCCCCCCC(O)(CCCCCC)S(=O)(=O)O. The summed E-state index contributed by atoms with van der Waals surface area (Å²) in [4.78, 5) is -1.94. The number of unbranched alkanes of at least 4 members (excludes halogenated alkanes) is 10. The van der Waals surface area contributed by atoms with Crippen molar-refractivity contribution in [2.24, 2.45) is 0 Å². The fourth-order valence-electron chi connectivity index (χ4n) is 2.75. The average Bonchev–Trinajstić information content (AvgIpc) is 2.45. The lowest BCUT2D eigenvalue weighted by Crippen LogP contribution is -2.38. The molecular weight excluding hydrogens is 300 g/mol. The van der Waals surface area contributed by atoms with Crippen LogP contribution in [0.1, 0.15) is 104 Å². The van der Waals surface area contributed by atoms with Crippen LogP contribution in [0.25, 0.3) is 0 Å². The van der Waals surface area contributed by atoms with Crippen LogP contribution in [-0.4, -0.2) is 23.0 Å². The highest BCUT2D eigenvalue weighted by atomic mass is 32.2. The van der Waals surface area contributed by atoms with Crippen LogP contribution in [0.3, 0.4) is 0 Å². The van der Waals surface area contributed by atoms with Gasteiger partial charge < -0.3 is 5.11 Å². The van der Waals surface area contributed by atoms with E-state index in [0.29, 0.717) is 12.8 Å². The van der Waals surface area contributed by atoms with Gasteiger partial charge >= 0.3 is 0 Å². The van der Waals surface area contributed by atoms with E-state index in [9.17, 15) is 18.1 Å². The Balaban J connectivity index is 4.00. The summed E-state index contributed by atoms with van der Waals surface area (Å²) in [5, 5.41) is 10.3. The van der Waals surface area contributed by atoms with Gasteiger partial charge in [0.1, 0.15) is 0 Å². The minimum absolute atomic E-state index is 0.141. The third-order valence-corrected chi connectivity index (χ3v) is 5.69. The first-order chi connectivity index (χ1) is 10.4. The normalized spacial score (nSPS) is 14.9. The fourth-order valence-corrected chi connectivity index (χ4v) is 3.55. The van der Waals surface area contributed by atoms with Crippen molar-refractivity contribution in [2.45, 2.75) is 109 Å². The standard InChI is InChI=1S/C17H36O4S/c1-3-5-7-9-10-11-12-14-16-17(18,22(19,20)21)15-13-8-6-4-2/h18H,3-16H2,1-2H3,(H,19,20,21). The number of rotatable bonds is 15. The first-order valence-corrected chi connectivity index (χ1v) is 10.5. The molecule has 22 heavy (non-hydrogen) atoms. The quantitative estimate of drug-likeness (QED) is 0.323. The molecule has 0 aromatic heterocycles. The van der Waals surface area contributed by atoms with Crippen molar-refractivity contribution in [3.63, 3.8) is 0 Å². The van der Waals surface area contributed by atoms with Gasteiger partial charge in [0.2, 0.25) is 0 Å². The average molecular weight is 337 g/mol. The van der Waals surface area contributed by atoms with Crippen molar-refractivity contribution in [3.05, 3.63) is 0 Å². The summed E-state index contributed by atoms with van der Waals surface area (Å²) in [5.74, 6) is 0. The second-order valence-corrected chi connectivity index (χ2v) is 8.17. The molecule has 0 aliphatic carbocycles. The zero-order chi connectivity index (χ0) is 16.9. The van der Waals surface area contributed by atoms with Gasteiger partial charge in [-0.15, -0.1) is 0 Å². The molecule has 0 bridgehead atoms. The van der Waals surface area contributed by atoms with Crippen LogP contribution in [0.5, 0.6) is 0 Å². The molecule has 134 valence electrons. The van der Waals surface area contributed by atoms with Crippen LogP contribution in [0.2, 0.25) is 0 Å². The molecule has 0 spiro atoms. The maximum absolute atomic E-state index is 11.5. The van der Waals surface area contributed by atoms with E-state index in [4.69, 9.17) is 0 Å². The zero-order valence-electron chi connectivity index (χ0n) is 14.5. The maximum atomic E-state index is 11.5. The topological polar surface area (TPSA) is 74.6 Å². The van der Waals surface area contributed by atoms with Gasteiger partial charge in [-0.2, -0.15) is 8.42 Å². The highest BCUT2D eigenvalue weighted by molar-refractivity contribution is 7.87. The van der Waals surface area contributed by atoms with Gasteiger partial charge in [-0.25, -0.2) is 0 Å². The van der Waals surface area contributed by atoms with Crippen LogP contribution in [0.4, 0.5) is 0 Å². The molecule has 0 fully saturated rings. The Morgan fingerprint density at radius 3 is 1.36 bits per heavy atom. The van der Waals surface area contributed by atoms with Crippen molar-refractivity contribution < 1.29 is 18.1 Å². The lowest BCUT2D eigenvalue weighted by atomic mass is 10.0. The predicted molar refractivity (Wildman–Crippen MR) is 92.5 cm³/mol. The monoisotopic (exact) mass is 336 g/mol. The van der Waals surface area contributed by atoms with Gasteiger partial charge in [0.25, 0.3) is 10.1 Å². The first-order valence-electron chi connectivity index (χ1n) is 9.06. The maximum Gasteiger partial charge on any atom is 0.294 e. The van der Waals surface area contributed by atoms with E-state index in [-0.39, 0.29) is 12.8 Å². The molecule has 5 heteroatoms.